The van der Waals surface area contributed by atoms with Gasteiger partial charge in [-0.1, -0.05) is 25.7 Å². The van der Waals surface area contributed by atoms with Crippen molar-refractivity contribution in [2.24, 2.45) is 11.7 Å². The quantitative estimate of drug-likeness (QED) is 0.707. The Morgan fingerprint density at radius 3 is 2.37 bits per heavy atom. The van der Waals surface area contributed by atoms with Crippen LogP contribution in [0.3, 0.4) is 0 Å². The van der Waals surface area contributed by atoms with Gasteiger partial charge in [-0.25, -0.2) is 4.39 Å². The molecule has 164 valence electrons. The number of rotatable bonds is 7. The Bertz CT molecular complexity index is 749. The number of nitrogens with two attached hydrogens (primary N) is 1. The Kier molecular flexibility index (Phi) is 7.79. The first-order chi connectivity index (χ1) is 14.5. The van der Waals surface area contributed by atoms with Crippen LogP contribution in [0.15, 0.2) is 24.3 Å². The van der Waals surface area contributed by atoms with Crippen LogP contribution in [0.1, 0.15) is 55.3 Å². The lowest BCUT2D eigenvalue weighted by atomic mass is 10.0. The maximum Gasteiger partial charge on any atom is 0.263 e. The number of nitrogens with one attached hydrogen (secondary N) is 1. The first kappa shape index (κ1) is 22.2. The van der Waals surface area contributed by atoms with Crippen molar-refractivity contribution in [1.29, 1.82) is 0 Å². The topological polar surface area (TPSA) is 95.7 Å². The van der Waals surface area contributed by atoms with E-state index >= 15 is 0 Å². The third kappa shape index (κ3) is 5.36. The molecule has 1 heterocycles. The summed E-state index contributed by atoms with van der Waals surface area (Å²) < 4.78 is 13.3. The van der Waals surface area contributed by atoms with Crippen LogP contribution >= 0.6 is 0 Å². The summed E-state index contributed by atoms with van der Waals surface area (Å²) in [5, 5.41) is 2.72. The molecule has 2 fully saturated rings. The van der Waals surface area contributed by atoms with Crippen molar-refractivity contribution in [1.82, 2.24) is 15.1 Å². The molecule has 1 aliphatic heterocycles. The van der Waals surface area contributed by atoms with Crippen LogP contribution in [0, 0.1) is 11.7 Å². The molecule has 1 aromatic carbocycles. The van der Waals surface area contributed by atoms with E-state index in [0.717, 1.165) is 19.3 Å². The van der Waals surface area contributed by atoms with E-state index in [4.69, 9.17) is 5.73 Å². The van der Waals surface area contributed by atoms with Crippen molar-refractivity contribution in [2.75, 3.05) is 26.2 Å². The van der Waals surface area contributed by atoms with Gasteiger partial charge in [0.2, 0.25) is 5.91 Å². The molecular weight excluding hydrogens is 387 g/mol. The second-order valence-electron chi connectivity index (χ2n) is 8.09. The van der Waals surface area contributed by atoms with Crippen LogP contribution in [0.4, 0.5) is 4.39 Å². The number of amides is 3. The Hall–Kier alpha value is -2.48. The summed E-state index contributed by atoms with van der Waals surface area (Å²) in [7, 11) is 0. The maximum absolute atomic E-state index is 13.3. The second kappa shape index (κ2) is 10.5. The van der Waals surface area contributed by atoms with Crippen LogP contribution in [0.5, 0.6) is 0 Å². The highest BCUT2D eigenvalue weighted by Gasteiger charge is 2.40. The molecule has 0 spiro atoms. The number of nitrogens with zero attached hydrogens (tertiary/aromatic N) is 2. The monoisotopic (exact) mass is 418 g/mol. The number of carbonyl (C=O) groups is 3. The zero-order valence-corrected chi connectivity index (χ0v) is 17.3. The zero-order chi connectivity index (χ0) is 21.5. The van der Waals surface area contributed by atoms with Crippen LogP contribution in [-0.2, 0) is 9.59 Å². The molecule has 1 saturated carbocycles. The maximum atomic E-state index is 13.3. The minimum Gasteiger partial charge on any atom is -0.351 e. The molecule has 0 aromatic heterocycles. The normalized spacial score (nSPS) is 19.7. The molecule has 1 saturated heterocycles. The highest BCUT2D eigenvalue weighted by Crippen LogP contribution is 2.29. The number of halogens is 1. The molecule has 7 nitrogen and oxygen atoms in total. The van der Waals surface area contributed by atoms with Gasteiger partial charge in [0.1, 0.15) is 5.82 Å². The third-order valence-electron chi connectivity index (χ3n) is 5.98. The summed E-state index contributed by atoms with van der Waals surface area (Å²) in [6, 6.07) is 5.22. The summed E-state index contributed by atoms with van der Waals surface area (Å²) in [4.78, 5) is 42.0. The van der Waals surface area contributed by atoms with Gasteiger partial charge in [-0.15, -0.1) is 0 Å². The minimum atomic E-state index is -1.01. The average molecular weight is 419 g/mol. The van der Waals surface area contributed by atoms with E-state index in [9.17, 15) is 18.8 Å². The molecule has 30 heavy (non-hydrogen) atoms. The van der Waals surface area contributed by atoms with Crippen molar-refractivity contribution >= 4 is 17.7 Å². The number of hydrogen-bond donors (Lipinski definition) is 2. The molecule has 0 bridgehead atoms. The SMILES string of the molecule is NCCNC(=O)C1N(C(=O)CCC2CCCC2)CCCN1C(=O)c1ccc(F)cc1. The Labute approximate surface area is 176 Å². The largest absolute Gasteiger partial charge is 0.351 e. The summed E-state index contributed by atoms with van der Waals surface area (Å²) in [5.74, 6) is -0.779. The number of carbonyl (C=O) groups excluding carboxylic acids is 3. The Morgan fingerprint density at radius 2 is 1.70 bits per heavy atom. The molecular formula is C22H31FN4O3. The van der Waals surface area contributed by atoms with Crippen molar-refractivity contribution < 1.29 is 18.8 Å². The van der Waals surface area contributed by atoms with E-state index in [0.29, 0.717) is 31.8 Å². The molecule has 3 N–H and O–H groups in total. The van der Waals surface area contributed by atoms with Crippen LogP contribution in [0.25, 0.3) is 0 Å². The minimum absolute atomic E-state index is 0.105. The highest BCUT2D eigenvalue weighted by atomic mass is 19.1. The van der Waals surface area contributed by atoms with Gasteiger partial charge in [-0.3, -0.25) is 14.4 Å². The number of hydrogen-bond acceptors (Lipinski definition) is 4. The Morgan fingerprint density at radius 1 is 1.03 bits per heavy atom. The van der Waals surface area contributed by atoms with Crippen molar-refractivity contribution in [3.8, 4) is 0 Å². The molecule has 2 aliphatic rings. The second-order valence-corrected chi connectivity index (χ2v) is 8.09. The molecule has 3 amide bonds. The molecule has 3 rings (SSSR count). The van der Waals surface area contributed by atoms with Crippen molar-refractivity contribution in [3.05, 3.63) is 35.6 Å². The average Bonchev–Trinajstić information content (AvgIpc) is 3.29. The van der Waals surface area contributed by atoms with Crippen LogP contribution in [-0.4, -0.2) is 59.9 Å². The summed E-state index contributed by atoms with van der Waals surface area (Å²) in [6.07, 6.45) is 5.51. The molecule has 1 atom stereocenters. The van der Waals surface area contributed by atoms with E-state index in [1.807, 2.05) is 0 Å². The first-order valence-electron chi connectivity index (χ1n) is 10.8. The fraction of sp³-hybridized carbons (Fsp3) is 0.591. The molecule has 1 aliphatic carbocycles. The van der Waals surface area contributed by atoms with Gasteiger partial charge in [-0.2, -0.15) is 0 Å². The molecule has 0 radical (unpaired) electrons. The lowest BCUT2D eigenvalue weighted by Gasteiger charge is -2.43. The van der Waals surface area contributed by atoms with Crippen LogP contribution < -0.4 is 11.1 Å². The summed E-state index contributed by atoms with van der Waals surface area (Å²) in [5.41, 5.74) is 5.79. The first-order valence-corrected chi connectivity index (χ1v) is 10.8. The molecule has 1 aromatic rings. The summed E-state index contributed by atoms with van der Waals surface area (Å²) >= 11 is 0. The molecule has 1 unspecified atom stereocenters. The zero-order valence-electron chi connectivity index (χ0n) is 17.3. The van der Waals surface area contributed by atoms with Crippen LogP contribution in [0.2, 0.25) is 0 Å². The third-order valence-corrected chi connectivity index (χ3v) is 5.98. The van der Waals surface area contributed by atoms with E-state index < -0.39 is 23.8 Å². The van der Waals surface area contributed by atoms with Gasteiger partial charge in [0.15, 0.2) is 6.17 Å². The van der Waals surface area contributed by atoms with E-state index in [1.165, 1.54) is 46.9 Å². The fourth-order valence-corrected chi connectivity index (χ4v) is 4.40. The van der Waals surface area contributed by atoms with Gasteiger partial charge in [0.25, 0.3) is 11.8 Å². The predicted octanol–water partition coefficient (Wildman–Crippen LogP) is 1.87. The smallest absolute Gasteiger partial charge is 0.263 e. The van der Waals surface area contributed by atoms with Crippen molar-refractivity contribution in [2.45, 2.75) is 51.1 Å². The van der Waals surface area contributed by atoms with Gasteiger partial charge >= 0.3 is 0 Å². The van der Waals surface area contributed by atoms with Crippen molar-refractivity contribution in [3.63, 3.8) is 0 Å². The standard InChI is InChI=1S/C22H31FN4O3/c23-18-9-7-17(8-10-18)22(30)27-15-3-14-26(21(27)20(29)25-13-12-24)19(28)11-6-16-4-1-2-5-16/h7-10,16,21H,1-6,11-15,24H2,(H,25,29). The van der Waals surface area contributed by atoms with Gasteiger partial charge in [-0.05, 0) is 43.0 Å². The Balaban J connectivity index is 1.77. The summed E-state index contributed by atoms with van der Waals surface area (Å²) in [6.45, 7) is 1.30. The van der Waals surface area contributed by atoms with Gasteiger partial charge < -0.3 is 20.9 Å². The van der Waals surface area contributed by atoms with Gasteiger partial charge in [0.05, 0.1) is 0 Å². The van der Waals surface area contributed by atoms with E-state index in [-0.39, 0.29) is 24.6 Å². The van der Waals surface area contributed by atoms with E-state index in [2.05, 4.69) is 5.32 Å². The van der Waals surface area contributed by atoms with E-state index in [1.54, 1.807) is 0 Å². The highest BCUT2D eigenvalue weighted by molar-refractivity contribution is 5.98. The predicted molar refractivity (Wildman–Crippen MR) is 111 cm³/mol. The lowest BCUT2D eigenvalue weighted by molar-refractivity contribution is -0.149. The van der Waals surface area contributed by atoms with Gasteiger partial charge in [0, 0.05) is 38.2 Å². The fourth-order valence-electron chi connectivity index (χ4n) is 4.40. The molecule has 8 heteroatoms. The number of benzene rings is 1. The lowest BCUT2D eigenvalue weighted by Crippen LogP contribution is -2.63.